The zero-order valence-electron chi connectivity index (χ0n) is 15.6. The summed E-state index contributed by atoms with van der Waals surface area (Å²) in [5.74, 6) is 2.17. The largest absolute Gasteiger partial charge is 0.497 e. The van der Waals surface area contributed by atoms with Crippen molar-refractivity contribution in [3.05, 3.63) is 40.4 Å². The molecule has 0 radical (unpaired) electrons. The summed E-state index contributed by atoms with van der Waals surface area (Å²) in [5.41, 5.74) is 1.70. The van der Waals surface area contributed by atoms with E-state index in [0.717, 1.165) is 35.2 Å². The molecule has 1 saturated heterocycles. The first kappa shape index (κ1) is 18.8. The molecule has 1 atom stereocenters. The van der Waals surface area contributed by atoms with Crippen LogP contribution in [0.3, 0.4) is 0 Å². The van der Waals surface area contributed by atoms with Crippen molar-refractivity contribution in [3.8, 4) is 11.8 Å². The topological polar surface area (TPSA) is 56.6 Å². The highest BCUT2D eigenvalue weighted by Crippen LogP contribution is 2.42. The van der Waals surface area contributed by atoms with Crippen LogP contribution in [0.5, 0.6) is 5.75 Å². The predicted molar refractivity (Wildman–Crippen MR) is 103 cm³/mol. The van der Waals surface area contributed by atoms with Gasteiger partial charge in [-0.3, -0.25) is 14.6 Å². The molecule has 0 spiro atoms. The van der Waals surface area contributed by atoms with Gasteiger partial charge in [-0.15, -0.1) is 0 Å². The Morgan fingerprint density at radius 3 is 2.69 bits per heavy atom. The lowest BCUT2D eigenvalue weighted by Gasteiger charge is -2.41. The lowest BCUT2D eigenvalue weighted by atomic mass is 9.86. The highest BCUT2D eigenvalue weighted by atomic mass is 32.2. The molecule has 5 nitrogen and oxygen atoms in total. The monoisotopic (exact) mass is 371 g/mol. The molecule has 1 aromatic carbocycles. The van der Waals surface area contributed by atoms with E-state index in [0.29, 0.717) is 24.6 Å². The van der Waals surface area contributed by atoms with Crippen molar-refractivity contribution in [2.24, 2.45) is 5.92 Å². The van der Waals surface area contributed by atoms with E-state index in [2.05, 4.69) is 24.8 Å². The van der Waals surface area contributed by atoms with Crippen molar-refractivity contribution in [3.63, 3.8) is 0 Å². The molecule has 0 saturated carbocycles. The molecule has 3 rings (SSSR count). The average molecular weight is 372 g/mol. The highest BCUT2D eigenvalue weighted by Gasteiger charge is 2.38. The maximum Gasteiger partial charge on any atom is 0.229 e. The lowest BCUT2D eigenvalue weighted by molar-refractivity contribution is -0.131. The van der Waals surface area contributed by atoms with Crippen molar-refractivity contribution in [1.82, 2.24) is 9.80 Å². The van der Waals surface area contributed by atoms with E-state index in [9.17, 15) is 10.1 Å². The number of hydrogen-bond donors (Lipinski definition) is 0. The van der Waals surface area contributed by atoms with Crippen LogP contribution in [0, 0.1) is 17.2 Å². The number of nitriles is 1. The number of methoxy groups -OCH3 is 1. The van der Waals surface area contributed by atoms with E-state index in [1.54, 1.807) is 23.8 Å². The van der Waals surface area contributed by atoms with Crippen LogP contribution in [0.15, 0.2) is 34.9 Å². The SMILES string of the molecule is COc1ccc(C2CC(=O)N3CN(CCC(C)C)CSC3=C2C#N)cc1. The second-order valence-electron chi connectivity index (χ2n) is 7.17. The van der Waals surface area contributed by atoms with Crippen LogP contribution < -0.4 is 4.74 Å². The quantitative estimate of drug-likeness (QED) is 0.789. The van der Waals surface area contributed by atoms with E-state index in [-0.39, 0.29) is 11.8 Å². The van der Waals surface area contributed by atoms with E-state index >= 15 is 0 Å². The third kappa shape index (κ3) is 3.89. The highest BCUT2D eigenvalue weighted by molar-refractivity contribution is 8.03. The van der Waals surface area contributed by atoms with Crippen LogP contribution in [-0.4, -0.2) is 41.9 Å². The minimum absolute atomic E-state index is 0.0987. The van der Waals surface area contributed by atoms with Gasteiger partial charge in [0.25, 0.3) is 0 Å². The van der Waals surface area contributed by atoms with Gasteiger partial charge in [-0.2, -0.15) is 5.26 Å². The van der Waals surface area contributed by atoms with Crippen LogP contribution in [0.2, 0.25) is 0 Å². The van der Waals surface area contributed by atoms with Gasteiger partial charge in [0.2, 0.25) is 5.91 Å². The Bertz CT molecular complexity index is 736. The summed E-state index contributed by atoms with van der Waals surface area (Å²) >= 11 is 1.61. The normalized spacial score (nSPS) is 21.0. The molecule has 0 N–H and O–H groups in total. The molecule has 0 aliphatic carbocycles. The minimum atomic E-state index is -0.167. The van der Waals surface area contributed by atoms with E-state index in [1.807, 2.05) is 24.3 Å². The molecule has 1 fully saturated rings. The number of rotatable bonds is 5. The minimum Gasteiger partial charge on any atom is -0.497 e. The van der Waals surface area contributed by atoms with Gasteiger partial charge in [-0.25, -0.2) is 0 Å². The third-order valence-corrected chi connectivity index (χ3v) is 6.10. The molecule has 26 heavy (non-hydrogen) atoms. The molecular formula is C20H25N3O2S. The van der Waals surface area contributed by atoms with Gasteiger partial charge in [0.1, 0.15) is 5.75 Å². The van der Waals surface area contributed by atoms with Gasteiger partial charge in [0.15, 0.2) is 0 Å². The maximum atomic E-state index is 12.8. The molecule has 6 heteroatoms. The Hall–Kier alpha value is -1.97. The predicted octanol–water partition coefficient (Wildman–Crippen LogP) is 3.76. The number of carbonyl (C=O) groups is 1. The summed E-state index contributed by atoms with van der Waals surface area (Å²) in [6, 6.07) is 10.0. The fraction of sp³-hybridized carbons (Fsp3) is 0.500. The van der Waals surface area contributed by atoms with E-state index in [1.165, 1.54) is 0 Å². The first-order chi connectivity index (χ1) is 12.5. The molecule has 1 amide bonds. The molecule has 2 heterocycles. The average Bonchev–Trinajstić information content (AvgIpc) is 2.66. The second-order valence-corrected chi connectivity index (χ2v) is 8.11. The molecule has 1 aromatic rings. The summed E-state index contributed by atoms with van der Waals surface area (Å²) in [7, 11) is 1.63. The number of allylic oxidation sites excluding steroid dienone is 1. The summed E-state index contributed by atoms with van der Waals surface area (Å²) < 4.78 is 5.21. The fourth-order valence-corrected chi connectivity index (χ4v) is 4.48. The molecular weight excluding hydrogens is 346 g/mol. The van der Waals surface area contributed by atoms with Crippen molar-refractivity contribution in [1.29, 1.82) is 5.26 Å². The molecule has 0 aromatic heterocycles. The lowest BCUT2D eigenvalue weighted by Crippen LogP contribution is -2.47. The number of hydrogen-bond acceptors (Lipinski definition) is 5. The van der Waals surface area contributed by atoms with E-state index < -0.39 is 0 Å². The van der Waals surface area contributed by atoms with Crippen LogP contribution in [0.1, 0.15) is 38.2 Å². The summed E-state index contributed by atoms with van der Waals surface area (Å²) in [4.78, 5) is 16.9. The van der Waals surface area contributed by atoms with E-state index in [4.69, 9.17) is 4.74 Å². The smallest absolute Gasteiger partial charge is 0.229 e. The van der Waals surface area contributed by atoms with Gasteiger partial charge in [0.05, 0.1) is 36.3 Å². The molecule has 0 bridgehead atoms. The standard InChI is InChI=1S/C20H25N3O2S/c1-14(2)8-9-22-12-23-19(24)10-17(18(11-21)20(23)26-13-22)15-4-6-16(25-3)7-5-15/h4-7,14,17H,8-10,12-13H2,1-3H3. The zero-order valence-corrected chi connectivity index (χ0v) is 16.4. The fourth-order valence-electron chi connectivity index (χ4n) is 3.31. The number of amides is 1. The Kier molecular flexibility index (Phi) is 5.90. The molecule has 2 aliphatic heterocycles. The van der Waals surface area contributed by atoms with Crippen molar-refractivity contribution < 1.29 is 9.53 Å². The number of fused-ring (bicyclic) bond motifs is 1. The summed E-state index contributed by atoms with van der Waals surface area (Å²) in [5, 5.41) is 10.6. The van der Waals surface area contributed by atoms with Gasteiger partial charge < -0.3 is 4.74 Å². The number of thioether (sulfide) groups is 1. The van der Waals surface area contributed by atoms with Gasteiger partial charge in [0, 0.05) is 18.9 Å². The first-order valence-electron chi connectivity index (χ1n) is 8.97. The van der Waals surface area contributed by atoms with Gasteiger partial charge in [-0.1, -0.05) is 37.7 Å². The maximum absolute atomic E-state index is 12.8. The van der Waals surface area contributed by atoms with Crippen molar-refractivity contribution in [2.45, 2.75) is 32.6 Å². The van der Waals surface area contributed by atoms with Crippen LogP contribution in [-0.2, 0) is 4.79 Å². The Balaban J connectivity index is 1.83. The molecule has 1 unspecified atom stereocenters. The first-order valence-corrected chi connectivity index (χ1v) is 9.95. The number of nitrogens with zero attached hydrogens (tertiary/aromatic N) is 3. The molecule has 138 valence electrons. The zero-order chi connectivity index (χ0) is 18.7. The summed E-state index contributed by atoms with van der Waals surface area (Å²) in [6.07, 6.45) is 1.46. The third-order valence-electron chi connectivity index (χ3n) is 4.89. The van der Waals surface area contributed by atoms with Crippen LogP contribution in [0.25, 0.3) is 0 Å². The van der Waals surface area contributed by atoms with Crippen molar-refractivity contribution >= 4 is 17.7 Å². The number of ether oxygens (including phenoxy) is 1. The molecule has 2 aliphatic rings. The van der Waals surface area contributed by atoms with Crippen LogP contribution >= 0.6 is 11.8 Å². The number of benzene rings is 1. The van der Waals surface area contributed by atoms with Gasteiger partial charge in [-0.05, 0) is 30.0 Å². The van der Waals surface area contributed by atoms with Gasteiger partial charge >= 0.3 is 0 Å². The summed E-state index contributed by atoms with van der Waals surface area (Å²) in [6.45, 7) is 5.99. The van der Waals surface area contributed by atoms with Crippen molar-refractivity contribution in [2.75, 3.05) is 26.2 Å². The van der Waals surface area contributed by atoms with Crippen LogP contribution in [0.4, 0.5) is 0 Å². The Morgan fingerprint density at radius 1 is 1.35 bits per heavy atom. The Labute approximate surface area is 159 Å². The Morgan fingerprint density at radius 2 is 2.08 bits per heavy atom. The second kappa shape index (κ2) is 8.15. The number of carbonyl (C=O) groups excluding carboxylic acids is 1.